The second-order valence-corrected chi connectivity index (χ2v) is 10.8. The number of methoxy groups -OCH3 is 1. The van der Waals surface area contributed by atoms with Gasteiger partial charge in [0.1, 0.15) is 10.8 Å². The number of carboxylic acids is 1. The van der Waals surface area contributed by atoms with E-state index in [2.05, 4.69) is 34.4 Å². The van der Waals surface area contributed by atoms with Crippen LogP contribution < -0.4 is 15.4 Å². The number of likely N-dealkylation sites (N-methyl/N-ethyl adjacent to an activating group) is 1. The molecule has 0 aliphatic carbocycles. The highest BCUT2D eigenvalue weighted by Gasteiger charge is 2.40. The molecule has 11 heteroatoms. The Labute approximate surface area is 228 Å². The van der Waals surface area contributed by atoms with Crippen LogP contribution >= 0.6 is 11.8 Å². The maximum atomic E-state index is 13.5. The van der Waals surface area contributed by atoms with Gasteiger partial charge >= 0.3 is 11.5 Å². The number of piperidine rings is 1. The Hall–Kier alpha value is -3.49. The van der Waals surface area contributed by atoms with Crippen molar-refractivity contribution in [2.75, 3.05) is 31.3 Å². The summed E-state index contributed by atoms with van der Waals surface area (Å²) in [4.78, 5) is 13.6. The number of hydrogen-bond donors (Lipinski definition) is 3. The summed E-state index contributed by atoms with van der Waals surface area (Å²) >= 11 is -0.176. The van der Waals surface area contributed by atoms with Crippen molar-refractivity contribution >= 4 is 34.6 Å². The lowest BCUT2D eigenvalue weighted by molar-refractivity contribution is -0.0329. The van der Waals surface area contributed by atoms with E-state index in [1.54, 1.807) is 28.8 Å². The van der Waals surface area contributed by atoms with Crippen molar-refractivity contribution in [2.45, 2.75) is 54.3 Å². The Kier molecular flexibility index (Phi) is 7.60. The molecular formula is C28H29F3N4O3S. The van der Waals surface area contributed by atoms with Crippen molar-refractivity contribution in [3.05, 3.63) is 53.7 Å². The number of ether oxygens (including phenoxy) is 1. The number of anilines is 2. The zero-order chi connectivity index (χ0) is 27.7. The molecule has 0 unspecified atom stereocenters. The number of hydrogen-bond acceptors (Lipinski definition) is 6. The van der Waals surface area contributed by atoms with Crippen LogP contribution in [0.1, 0.15) is 41.6 Å². The monoisotopic (exact) mass is 558 g/mol. The first-order valence-electron chi connectivity index (χ1n) is 12.7. The maximum absolute atomic E-state index is 13.5. The van der Waals surface area contributed by atoms with Gasteiger partial charge in [-0.15, -0.1) is 0 Å². The van der Waals surface area contributed by atoms with E-state index in [0.29, 0.717) is 29.0 Å². The van der Waals surface area contributed by atoms with Crippen LogP contribution in [0.25, 0.3) is 5.52 Å². The standard InChI is InChI=1S/C28H29F3N4O3S/c1-34-19-8-11-21(23(34)12-9-19)33-20-6-4-14-35-24(20)15-17(26(35)39-28(29,30)31)5-3-13-32-22-10-7-18(27(36)37)16-25(22)38-2/h4,6-7,10,14-16,19,21,23,32-33H,8-9,11-13H2,1-2H3,(H,36,37)/t19-,21-,23-/m1/s1. The number of fused-ring (bicyclic) bond motifs is 3. The van der Waals surface area contributed by atoms with Crippen LogP contribution in [0, 0.1) is 11.8 Å². The van der Waals surface area contributed by atoms with Crippen molar-refractivity contribution in [3.63, 3.8) is 0 Å². The quantitative estimate of drug-likeness (QED) is 0.252. The lowest BCUT2D eigenvalue weighted by Gasteiger charge is -2.38. The SMILES string of the molecule is COc1cc(C(=O)O)ccc1NCC#Cc1cc2c(N[C@@H]3CC[C@@H]4CC[C@H]3N4C)cccn2c1SC(F)(F)F. The van der Waals surface area contributed by atoms with E-state index in [4.69, 9.17) is 9.84 Å². The molecule has 0 amide bonds. The zero-order valence-corrected chi connectivity index (χ0v) is 22.3. The summed E-state index contributed by atoms with van der Waals surface area (Å²) in [6.07, 6.45) is 6.07. The van der Waals surface area contributed by atoms with Crippen molar-refractivity contribution < 1.29 is 27.8 Å². The molecule has 2 aliphatic rings. The number of carbonyl (C=O) groups is 1. The fourth-order valence-electron chi connectivity index (χ4n) is 5.65. The number of nitrogens with one attached hydrogen (secondary N) is 2. The largest absolute Gasteiger partial charge is 0.495 e. The van der Waals surface area contributed by atoms with Gasteiger partial charge in [-0.25, -0.2) is 4.79 Å². The van der Waals surface area contributed by atoms with E-state index in [1.165, 1.54) is 25.7 Å². The van der Waals surface area contributed by atoms with Gasteiger partial charge in [-0.1, -0.05) is 11.8 Å². The molecule has 7 nitrogen and oxygen atoms in total. The molecule has 4 heterocycles. The first kappa shape index (κ1) is 27.1. The average molecular weight is 559 g/mol. The van der Waals surface area contributed by atoms with E-state index >= 15 is 0 Å². The van der Waals surface area contributed by atoms with E-state index in [-0.39, 0.29) is 40.5 Å². The number of carboxylic acid groups (broad SMARTS) is 1. The minimum absolute atomic E-state index is 0.0127. The summed E-state index contributed by atoms with van der Waals surface area (Å²) in [5.74, 6) is 5.06. The fourth-order valence-corrected chi connectivity index (χ4v) is 6.35. The van der Waals surface area contributed by atoms with Gasteiger partial charge < -0.3 is 24.9 Å². The number of halogens is 3. The number of aromatic carboxylic acids is 1. The molecule has 1 aromatic carbocycles. The summed E-state index contributed by atoms with van der Waals surface area (Å²) in [6.45, 7) is 0.119. The third kappa shape index (κ3) is 5.77. The molecule has 2 aromatic heterocycles. The molecule has 206 valence electrons. The fraction of sp³-hybridized carbons (Fsp3) is 0.393. The lowest BCUT2D eigenvalue weighted by Crippen LogP contribution is -2.48. The Morgan fingerprint density at radius 2 is 1.97 bits per heavy atom. The number of benzene rings is 1. The van der Waals surface area contributed by atoms with E-state index < -0.39 is 11.5 Å². The van der Waals surface area contributed by atoms with Gasteiger partial charge in [0.25, 0.3) is 0 Å². The van der Waals surface area contributed by atoms with Gasteiger partial charge in [-0.2, -0.15) is 13.2 Å². The van der Waals surface area contributed by atoms with Gasteiger partial charge in [-0.05, 0) is 69.1 Å². The molecule has 39 heavy (non-hydrogen) atoms. The smallest absolute Gasteiger partial charge is 0.447 e. The molecule has 0 spiro atoms. The van der Waals surface area contributed by atoms with Crippen LogP contribution in [0.4, 0.5) is 24.5 Å². The molecule has 2 saturated heterocycles. The molecule has 2 aliphatic heterocycles. The first-order valence-corrected chi connectivity index (χ1v) is 13.5. The zero-order valence-electron chi connectivity index (χ0n) is 21.5. The number of aromatic nitrogens is 1. The molecule has 2 bridgehead atoms. The summed E-state index contributed by atoms with van der Waals surface area (Å²) in [7, 11) is 3.58. The van der Waals surface area contributed by atoms with Crippen LogP contribution in [0.5, 0.6) is 5.75 Å². The minimum atomic E-state index is -4.48. The van der Waals surface area contributed by atoms with E-state index in [9.17, 15) is 18.0 Å². The molecule has 2 fully saturated rings. The predicted octanol–water partition coefficient (Wildman–Crippen LogP) is 5.76. The normalized spacial score (nSPS) is 20.9. The van der Waals surface area contributed by atoms with Gasteiger partial charge in [0.2, 0.25) is 0 Å². The van der Waals surface area contributed by atoms with E-state index in [1.807, 2.05) is 6.07 Å². The summed E-state index contributed by atoms with van der Waals surface area (Å²) in [6, 6.07) is 11.0. The van der Waals surface area contributed by atoms with Gasteiger partial charge in [0, 0.05) is 36.1 Å². The molecule has 3 aromatic rings. The van der Waals surface area contributed by atoms with Crippen LogP contribution in [0.15, 0.2) is 47.6 Å². The Morgan fingerprint density at radius 3 is 2.72 bits per heavy atom. The number of nitrogens with zero attached hydrogens (tertiary/aromatic N) is 2. The van der Waals surface area contributed by atoms with Crippen LogP contribution in [-0.2, 0) is 0 Å². The highest BCUT2D eigenvalue weighted by molar-refractivity contribution is 8.00. The molecule has 0 saturated carbocycles. The Morgan fingerprint density at radius 1 is 1.18 bits per heavy atom. The number of pyridine rings is 1. The molecular weight excluding hydrogens is 529 g/mol. The molecule has 3 N–H and O–H groups in total. The summed E-state index contributed by atoms with van der Waals surface area (Å²) in [5.41, 5.74) is -2.15. The maximum Gasteiger partial charge on any atom is 0.447 e. The van der Waals surface area contributed by atoms with Gasteiger partial charge in [0.05, 0.1) is 41.7 Å². The highest BCUT2D eigenvalue weighted by atomic mass is 32.2. The Balaban J connectivity index is 1.41. The van der Waals surface area contributed by atoms with Gasteiger partial charge in [0.15, 0.2) is 0 Å². The van der Waals surface area contributed by atoms with Crippen LogP contribution in [0.2, 0.25) is 0 Å². The van der Waals surface area contributed by atoms with Crippen molar-refractivity contribution in [1.29, 1.82) is 0 Å². The molecule has 5 rings (SSSR count). The predicted molar refractivity (Wildman–Crippen MR) is 146 cm³/mol. The topological polar surface area (TPSA) is 78.2 Å². The average Bonchev–Trinajstić information content (AvgIpc) is 3.34. The summed E-state index contributed by atoms with van der Waals surface area (Å²) < 4.78 is 47.4. The number of thioether (sulfide) groups is 1. The Bertz CT molecular complexity index is 1450. The molecule has 0 radical (unpaired) electrons. The second kappa shape index (κ2) is 10.9. The lowest BCUT2D eigenvalue weighted by atomic mass is 9.97. The molecule has 3 atom stereocenters. The van der Waals surface area contributed by atoms with Crippen molar-refractivity contribution in [2.24, 2.45) is 0 Å². The first-order chi connectivity index (χ1) is 18.6. The van der Waals surface area contributed by atoms with Crippen LogP contribution in [-0.4, -0.2) is 64.7 Å². The van der Waals surface area contributed by atoms with Crippen molar-refractivity contribution in [1.82, 2.24) is 9.30 Å². The van der Waals surface area contributed by atoms with Crippen molar-refractivity contribution in [3.8, 4) is 17.6 Å². The summed E-state index contributed by atoms with van der Waals surface area (Å²) in [5, 5.41) is 15.8. The third-order valence-electron chi connectivity index (χ3n) is 7.53. The van der Waals surface area contributed by atoms with Crippen LogP contribution in [0.3, 0.4) is 0 Å². The second-order valence-electron chi connectivity index (χ2n) is 9.76. The highest BCUT2D eigenvalue weighted by Crippen LogP contribution is 2.41. The third-order valence-corrected chi connectivity index (χ3v) is 8.37. The number of rotatable bonds is 7. The number of alkyl halides is 3. The minimum Gasteiger partial charge on any atom is -0.495 e. The van der Waals surface area contributed by atoms with Gasteiger partial charge in [-0.3, -0.25) is 4.90 Å². The van der Waals surface area contributed by atoms with E-state index in [0.717, 1.165) is 24.9 Å².